The summed E-state index contributed by atoms with van der Waals surface area (Å²) in [6.07, 6.45) is 1.08. The molecule has 0 aromatic heterocycles. The molecule has 13 heavy (non-hydrogen) atoms. The van der Waals surface area contributed by atoms with Crippen molar-refractivity contribution >= 4 is 10.0 Å². The SMILES string of the molecule is CNS(=O)(=O)CCNCCC(C)C. The summed E-state index contributed by atoms with van der Waals surface area (Å²) in [5, 5.41) is 3.09. The van der Waals surface area contributed by atoms with E-state index in [1.807, 2.05) is 0 Å². The molecule has 0 radical (unpaired) electrons. The number of sulfonamides is 1. The van der Waals surface area contributed by atoms with Crippen molar-refractivity contribution in [2.45, 2.75) is 20.3 Å². The van der Waals surface area contributed by atoms with Gasteiger partial charge in [-0.15, -0.1) is 0 Å². The standard InChI is InChI=1S/C8H20N2O2S/c1-8(2)4-5-10-6-7-13(11,12)9-3/h8-10H,4-7H2,1-3H3. The van der Waals surface area contributed by atoms with Crippen molar-refractivity contribution < 1.29 is 8.42 Å². The molecule has 0 saturated heterocycles. The monoisotopic (exact) mass is 208 g/mol. The van der Waals surface area contributed by atoms with Crippen LogP contribution in [0.5, 0.6) is 0 Å². The largest absolute Gasteiger partial charge is 0.316 e. The molecule has 0 aliphatic rings. The van der Waals surface area contributed by atoms with Crippen LogP contribution in [0, 0.1) is 5.92 Å². The fourth-order valence-electron chi connectivity index (χ4n) is 0.824. The first-order valence-electron chi connectivity index (χ1n) is 4.60. The van der Waals surface area contributed by atoms with Gasteiger partial charge in [-0.25, -0.2) is 13.1 Å². The van der Waals surface area contributed by atoms with Crippen molar-refractivity contribution in [3.05, 3.63) is 0 Å². The third-order valence-electron chi connectivity index (χ3n) is 1.76. The Morgan fingerprint density at radius 1 is 1.23 bits per heavy atom. The average Bonchev–Trinajstić information content (AvgIpc) is 2.03. The summed E-state index contributed by atoms with van der Waals surface area (Å²) in [6, 6.07) is 0. The van der Waals surface area contributed by atoms with Gasteiger partial charge in [0.2, 0.25) is 10.0 Å². The zero-order valence-electron chi connectivity index (χ0n) is 8.63. The Bertz CT molecular complexity index is 212. The second kappa shape index (κ2) is 6.34. The molecule has 0 heterocycles. The third-order valence-corrected chi connectivity index (χ3v) is 3.12. The molecular weight excluding hydrogens is 188 g/mol. The molecule has 2 N–H and O–H groups in total. The predicted octanol–water partition coefficient (Wildman–Crippen LogP) is 0.171. The fourth-order valence-corrected chi connectivity index (χ4v) is 1.44. The molecular formula is C8H20N2O2S. The van der Waals surface area contributed by atoms with E-state index in [-0.39, 0.29) is 5.75 Å². The van der Waals surface area contributed by atoms with Crippen LogP contribution in [0.15, 0.2) is 0 Å². The molecule has 0 aliphatic heterocycles. The van der Waals surface area contributed by atoms with E-state index in [1.54, 1.807) is 0 Å². The molecule has 0 bridgehead atoms. The van der Waals surface area contributed by atoms with Crippen LogP contribution < -0.4 is 10.0 Å². The number of nitrogens with one attached hydrogen (secondary N) is 2. The van der Waals surface area contributed by atoms with E-state index >= 15 is 0 Å². The lowest BCUT2D eigenvalue weighted by molar-refractivity contribution is 0.542. The van der Waals surface area contributed by atoms with Crippen molar-refractivity contribution in [1.29, 1.82) is 0 Å². The second-order valence-electron chi connectivity index (χ2n) is 3.46. The molecule has 4 nitrogen and oxygen atoms in total. The lowest BCUT2D eigenvalue weighted by Gasteiger charge is -2.06. The van der Waals surface area contributed by atoms with Gasteiger partial charge < -0.3 is 5.32 Å². The molecule has 80 valence electrons. The molecule has 0 fully saturated rings. The summed E-state index contributed by atoms with van der Waals surface area (Å²) in [7, 11) is -1.60. The summed E-state index contributed by atoms with van der Waals surface area (Å²) < 4.78 is 24.2. The molecule has 5 heteroatoms. The minimum Gasteiger partial charge on any atom is -0.316 e. The number of hydrogen-bond donors (Lipinski definition) is 2. The van der Waals surface area contributed by atoms with Crippen LogP contribution in [-0.4, -0.2) is 34.3 Å². The van der Waals surface area contributed by atoms with E-state index < -0.39 is 10.0 Å². The lowest BCUT2D eigenvalue weighted by atomic mass is 10.1. The van der Waals surface area contributed by atoms with Gasteiger partial charge in [0.05, 0.1) is 5.75 Å². The van der Waals surface area contributed by atoms with Crippen molar-refractivity contribution in [1.82, 2.24) is 10.0 Å². The molecule has 0 unspecified atom stereocenters. The Balaban J connectivity index is 3.37. The highest BCUT2D eigenvalue weighted by molar-refractivity contribution is 7.89. The summed E-state index contributed by atoms with van der Waals surface area (Å²) in [4.78, 5) is 0. The Labute approximate surface area is 81.2 Å². The van der Waals surface area contributed by atoms with E-state index in [0.717, 1.165) is 13.0 Å². The molecule has 0 spiro atoms. The van der Waals surface area contributed by atoms with Gasteiger partial charge in [-0.1, -0.05) is 13.8 Å². The van der Waals surface area contributed by atoms with Crippen LogP contribution in [0.4, 0.5) is 0 Å². The quantitative estimate of drug-likeness (QED) is 0.586. The molecule has 0 rings (SSSR count). The zero-order valence-corrected chi connectivity index (χ0v) is 9.45. The van der Waals surface area contributed by atoms with Gasteiger partial charge in [-0.05, 0) is 25.9 Å². The maximum Gasteiger partial charge on any atom is 0.212 e. The fraction of sp³-hybridized carbons (Fsp3) is 1.00. The molecule has 0 aliphatic carbocycles. The number of hydrogen-bond acceptors (Lipinski definition) is 3. The normalized spacial score (nSPS) is 12.3. The van der Waals surface area contributed by atoms with E-state index in [0.29, 0.717) is 12.5 Å². The summed E-state index contributed by atoms with van der Waals surface area (Å²) in [5.74, 6) is 0.815. The van der Waals surface area contributed by atoms with Crippen LogP contribution in [0.3, 0.4) is 0 Å². The van der Waals surface area contributed by atoms with E-state index in [2.05, 4.69) is 23.9 Å². The van der Waals surface area contributed by atoms with Gasteiger partial charge in [0.25, 0.3) is 0 Å². The zero-order chi connectivity index (χ0) is 10.3. The van der Waals surface area contributed by atoms with Crippen LogP contribution in [0.2, 0.25) is 0 Å². The van der Waals surface area contributed by atoms with E-state index in [4.69, 9.17) is 0 Å². The van der Waals surface area contributed by atoms with E-state index in [9.17, 15) is 8.42 Å². The van der Waals surface area contributed by atoms with Crippen LogP contribution in [0.1, 0.15) is 20.3 Å². The summed E-state index contributed by atoms with van der Waals surface area (Å²) in [6.45, 7) is 5.70. The van der Waals surface area contributed by atoms with Crippen LogP contribution in [0.25, 0.3) is 0 Å². The first-order chi connectivity index (χ1) is 5.98. The predicted molar refractivity (Wildman–Crippen MR) is 55.2 cm³/mol. The average molecular weight is 208 g/mol. The lowest BCUT2D eigenvalue weighted by Crippen LogP contribution is -2.30. The van der Waals surface area contributed by atoms with Crippen LogP contribution >= 0.6 is 0 Å². The summed E-state index contributed by atoms with van der Waals surface area (Å²) >= 11 is 0. The van der Waals surface area contributed by atoms with Crippen molar-refractivity contribution in [3.63, 3.8) is 0 Å². The minimum absolute atomic E-state index is 0.154. The third kappa shape index (κ3) is 8.21. The first-order valence-corrected chi connectivity index (χ1v) is 6.25. The van der Waals surface area contributed by atoms with Gasteiger partial charge in [0, 0.05) is 6.54 Å². The molecule has 0 aromatic rings. The maximum absolute atomic E-state index is 10.9. The maximum atomic E-state index is 10.9. The van der Waals surface area contributed by atoms with Crippen LogP contribution in [-0.2, 0) is 10.0 Å². The Morgan fingerprint density at radius 2 is 1.85 bits per heavy atom. The highest BCUT2D eigenvalue weighted by Gasteiger charge is 2.04. The molecule has 0 amide bonds. The summed E-state index contributed by atoms with van der Waals surface area (Å²) in [5.41, 5.74) is 0. The minimum atomic E-state index is -3.03. The van der Waals surface area contributed by atoms with Gasteiger partial charge in [0.1, 0.15) is 0 Å². The Morgan fingerprint density at radius 3 is 2.31 bits per heavy atom. The number of rotatable bonds is 7. The van der Waals surface area contributed by atoms with Gasteiger partial charge in [-0.2, -0.15) is 0 Å². The van der Waals surface area contributed by atoms with Gasteiger partial charge in [-0.3, -0.25) is 0 Å². The Hall–Kier alpha value is -0.130. The second-order valence-corrected chi connectivity index (χ2v) is 5.50. The molecule has 0 aromatic carbocycles. The van der Waals surface area contributed by atoms with Gasteiger partial charge in [0.15, 0.2) is 0 Å². The highest BCUT2D eigenvalue weighted by atomic mass is 32.2. The van der Waals surface area contributed by atoms with Gasteiger partial charge >= 0.3 is 0 Å². The van der Waals surface area contributed by atoms with Crippen molar-refractivity contribution in [2.75, 3.05) is 25.9 Å². The van der Waals surface area contributed by atoms with Crippen molar-refractivity contribution in [3.8, 4) is 0 Å². The smallest absolute Gasteiger partial charge is 0.212 e. The highest BCUT2D eigenvalue weighted by Crippen LogP contribution is 1.95. The van der Waals surface area contributed by atoms with Crippen molar-refractivity contribution in [2.24, 2.45) is 5.92 Å². The molecule has 0 atom stereocenters. The Kier molecular flexibility index (Phi) is 6.28. The molecule has 0 saturated carbocycles. The first kappa shape index (κ1) is 12.9. The van der Waals surface area contributed by atoms with E-state index in [1.165, 1.54) is 7.05 Å². The topological polar surface area (TPSA) is 58.2 Å².